The molecule has 0 radical (unpaired) electrons. The van der Waals surface area contributed by atoms with Crippen LogP contribution in [0.5, 0.6) is 11.5 Å². The fourth-order valence-corrected chi connectivity index (χ4v) is 2.71. The molecule has 150 valence electrons. The fraction of sp³-hybridized carbons (Fsp3) is 0.350. The van der Waals surface area contributed by atoms with Gasteiger partial charge in [-0.2, -0.15) is 0 Å². The SMILES string of the molecule is CCOc1ccc(C[NH+](C)[C@@H](C)C(=O)Nc2ccc([N+](=O)[O-])cc2OC)cc1. The quantitative estimate of drug-likeness (QED) is 0.506. The largest absolute Gasteiger partial charge is 0.494 e. The first-order chi connectivity index (χ1) is 13.3. The molecule has 8 nitrogen and oxygen atoms in total. The molecule has 2 N–H and O–H groups in total. The molecular formula is C20H26N3O5+. The lowest BCUT2D eigenvalue weighted by Gasteiger charge is -2.21. The Hall–Kier alpha value is -3.13. The van der Waals surface area contributed by atoms with Crippen molar-refractivity contribution < 1.29 is 24.1 Å². The smallest absolute Gasteiger partial charge is 0.282 e. The Balaban J connectivity index is 2.02. The summed E-state index contributed by atoms with van der Waals surface area (Å²) in [6.45, 7) is 5.05. The third-order valence-corrected chi connectivity index (χ3v) is 4.50. The number of anilines is 1. The van der Waals surface area contributed by atoms with Gasteiger partial charge in [0.25, 0.3) is 11.6 Å². The van der Waals surface area contributed by atoms with Gasteiger partial charge in [0, 0.05) is 11.6 Å². The highest BCUT2D eigenvalue weighted by Crippen LogP contribution is 2.28. The van der Waals surface area contributed by atoms with Gasteiger partial charge in [0.2, 0.25) is 0 Å². The standard InChI is InChI=1S/C20H25N3O5/c1-5-28-17-9-6-15(7-10-17)13-22(3)14(2)20(24)21-18-11-8-16(23(25)26)12-19(18)27-4/h6-12,14H,5,13H2,1-4H3,(H,21,24)/p+1/t14-/m0/s1. The summed E-state index contributed by atoms with van der Waals surface area (Å²) in [4.78, 5) is 24.0. The number of nitrogens with zero attached hydrogens (tertiary/aromatic N) is 1. The number of quaternary nitrogens is 1. The monoisotopic (exact) mass is 388 g/mol. The molecule has 0 fully saturated rings. The molecular weight excluding hydrogens is 362 g/mol. The number of nitro groups is 1. The minimum atomic E-state index is -0.508. The van der Waals surface area contributed by atoms with Gasteiger partial charge >= 0.3 is 0 Å². The zero-order chi connectivity index (χ0) is 20.7. The molecule has 2 atom stereocenters. The number of hydrogen-bond donors (Lipinski definition) is 2. The Kier molecular flexibility index (Phi) is 7.34. The van der Waals surface area contributed by atoms with Crippen LogP contribution in [0.3, 0.4) is 0 Å². The van der Waals surface area contributed by atoms with Crippen molar-refractivity contribution in [2.75, 3.05) is 26.1 Å². The lowest BCUT2D eigenvalue weighted by molar-refractivity contribution is -0.907. The van der Waals surface area contributed by atoms with E-state index in [1.807, 2.05) is 45.2 Å². The summed E-state index contributed by atoms with van der Waals surface area (Å²) in [5, 5.41) is 13.7. The highest BCUT2D eigenvalue weighted by Gasteiger charge is 2.23. The number of methoxy groups -OCH3 is 1. The second-order valence-corrected chi connectivity index (χ2v) is 6.45. The number of nitro benzene ring substituents is 1. The van der Waals surface area contributed by atoms with Crippen molar-refractivity contribution in [3.8, 4) is 11.5 Å². The van der Waals surface area contributed by atoms with Crippen LogP contribution in [0.4, 0.5) is 11.4 Å². The molecule has 0 aliphatic heterocycles. The van der Waals surface area contributed by atoms with E-state index in [4.69, 9.17) is 9.47 Å². The molecule has 0 aromatic heterocycles. The van der Waals surface area contributed by atoms with Gasteiger partial charge in [-0.1, -0.05) is 0 Å². The predicted octanol–water partition coefficient (Wildman–Crippen LogP) is 2.04. The highest BCUT2D eigenvalue weighted by atomic mass is 16.6. The van der Waals surface area contributed by atoms with Crippen LogP contribution in [0.15, 0.2) is 42.5 Å². The van der Waals surface area contributed by atoms with E-state index >= 15 is 0 Å². The van der Waals surface area contributed by atoms with Crippen molar-refractivity contribution in [3.05, 3.63) is 58.1 Å². The Bertz CT molecular complexity index is 823. The molecule has 0 aliphatic rings. The molecule has 2 aromatic carbocycles. The van der Waals surface area contributed by atoms with Gasteiger partial charge in [-0.15, -0.1) is 0 Å². The van der Waals surface area contributed by atoms with Crippen molar-refractivity contribution in [2.45, 2.75) is 26.4 Å². The lowest BCUT2D eigenvalue weighted by atomic mass is 10.1. The van der Waals surface area contributed by atoms with Crippen LogP contribution >= 0.6 is 0 Å². The Morgan fingerprint density at radius 1 is 1.25 bits per heavy atom. The molecule has 0 aliphatic carbocycles. The van der Waals surface area contributed by atoms with Gasteiger partial charge in [-0.25, -0.2) is 0 Å². The first-order valence-electron chi connectivity index (χ1n) is 9.03. The summed E-state index contributed by atoms with van der Waals surface area (Å²) in [5.74, 6) is 0.870. The maximum absolute atomic E-state index is 12.6. The van der Waals surface area contributed by atoms with E-state index in [-0.39, 0.29) is 23.4 Å². The predicted molar refractivity (Wildman–Crippen MR) is 106 cm³/mol. The molecule has 2 aromatic rings. The Morgan fingerprint density at radius 3 is 2.50 bits per heavy atom. The molecule has 0 heterocycles. The minimum absolute atomic E-state index is 0.0962. The van der Waals surface area contributed by atoms with Crippen LogP contribution < -0.4 is 19.7 Å². The van der Waals surface area contributed by atoms with E-state index < -0.39 is 4.92 Å². The number of benzene rings is 2. The number of rotatable bonds is 9. The van der Waals surface area contributed by atoms with Gasteiger partial charge in [0.15, 0.2) is 6.04 Å². The van der Waals surface area contributed by atoms with Crippen LogP contribution in [0.2, 0.25) is 0 Å². The molecule has 0 saturated carbocycles. The second kappa shape index (κ2) is 9.70. The highest BCUT2D eigenvalue weighted by molar-refractivity contribution is 5.95. The number of ether oxygens (including phenoxy) is 2. The minimum Gasteiger partial charge on any atom is -0.494 e. The van der Waals surface area contributed by atoms with Crippen molar-refractivity contribution in [1.29, 1.82) is 0 Å². The number of carbonyl (C=O) groups is 1. The van der Waals surface area contributed by atoms with Gasteiger partial charge in [0.05, 0.1) is 37.4 Å². The van der Waals surface area contributed by atoms with E-state index in [0.29, 0.717) is 18.8 Å². The van der Waals surface area contributed by atoms with Gasteiger partial charge in [0.1, 0.15) is 18.0 Å². The van der Waals surface area contributed by atoms with Gasteiger partial charge in [-0.3, -0.25) is 14.9 Å². The molecule has 28 heavy (non-hydrogen) atoms. The number of nitrogens with one attached hydrogen (secondary N) is 2. The summed E-state index contributed by atoms with van der Waals surface area (Å²) >= 11 is 0. The summed E-state index contributed by atoms with van der Waals surface area (Å²) < 4.78 is 10.6. The first-order valence-corrected chi connectivity index (χ1v) is 9.03. The number of amides is 1. The number of hydrogen-bond acceptors (Lipinski definition) is 5. The number of carbonyl (C=O) groups excluding carboxylic acids is 1. The second-order valence-electron chi connectivity index (χ2n) is 6.45. The van der Waals surface area contributed by atoms with E-state index in [0.717, 1.165) is 16.2 Å². The summed E-state index contributed by atoms with van der Waals surface area (Å²) in [5.41, 5.74) is 1.40. The third kappa shape index (κ3) is 5.43. The fourth-order valence-electron chi connectivity index (χ4n) is 2.71. The van der Waals surface area contributed by atoms with Crippen molar-refractivity contribution in [2.24, 2.45) is 0 Å². The average Bonchev–Trinajstić information content (AvgIpc) is 2.69. The topological polar surface area (TPSA) is 95.1 Å². The molecule has 0 spiro atoms. The number of likely N-dealkylation sites (N-methyl/N-ethyl adjacent to an activating group) is 1. The van der Waals surface area contributed by atoms with Crippen molar-refractivity contribution >= 4 is 17.3 Å². The summed E-state index contributed by atoms with van der Waals surface area (Å²) in [7, 11) is 3.34. The van der Waals surface area contributed by atoms with Gasteiger partial charge < -0.3 is 19.7 Å². The van der Waals surface area contributed by atoms with E-state index in [1.54, 1.807) is 0 Å². The molecule has 0 bridgehead atoms. The molecule has 8 heteroatoms. The Labute approximate surface area is 164 Å². The molecule has 1 unspecified atom stereocenters. The number of non-ortho nitro benzene ring substituents is 1. The average molecular weight is 388 g/mol. The maximum Gasteiger partial charge on any atom is 0.282 e. The van der Waals surface area contributed by atoms with E-state index in [9.17, 15) is 14.9 Å². The lowest BCUT2D eigenvalue weighted by Crippen LogP contribution is -3.12. The molecule has 0 saturated heterocycles. The van der Waals surface area contributed by atoms with Crippen molar-refractivity contribution in [3.63, 3.8) is 0 Å². The maximum atomic E-state index is 12.6. The summed E-state index contributed by atoms with van der Waals surface area (Å²) in [6.07, 6.45) is 0. The van der Waals surface area contributed by atoms with Crippen LogP contribution in [0.25, 0.3) is 0 Å². The third-order valence-electron chi connectivity index (χ3n) is 4.50. The molecule has 2 rings (SSSR count). The summed E-state index contributed by atoms with van der Waals surface area (Å²) in [6, 6.07) is 11.6. The van der Waals surface area contributed by atoms with Crippen LogP contribution in [-0.2, 0) is 11.3 Å². The molecule has 1 amide bonds. The van der Waals surface area contributed by atoms with E-state index in [1.165, 1.54) is 25.3 Å². The zero-order valence-corrected chi connectivity index (χ0v) is 16.5. The van der Waals surface area contributed by atoms with Crippen LogP contribution in [0, 0.1) is 10.1 Å². The van der Waals surface area contributed by atoms with Crippen LogP contribution in [-0.4, -0.2) is 37.6 Å². The normalized spacial score (nSPS) is 12.7. The van der Waals surface area contributed by atoms with Gasteiger partial charge in [-0.05, 0) is 44.2 Å². The first kappa shape index (κ1) is 21.2. The Morgan fingerprint density at radius 2 is 1.93 bits per heavy atom. The van der Waals surface area contributed by atoms with E-state index in [2.05, 4.69) is 5.32 Å². The van der Waals surface area contributed by atoms with Crippen molar-refractivity contribution in [1.82, 2.24) is 0 Å². The zero-order valence-electron chi connectivity index (χ0n) is 16.5. The van der Waals surface area contributed by atoms with Crippen LogP contribution in [0.1, 0.15) is 19.4 Å².